The van der Waals surface area contributed by atoms with Gasteiger partial charge in [-0.05, 0) is 36.5 Å². The Morgan fingerprint density at radius 2 is 2.04 bits per heavy atom. The average molecular weight is 327 g/mol. The van der Waals surface area contributed by atoms with Crippen LogP contribution in [0.4, 0.5) is 0 Å². The highest BCUT2D eigenvalue weighted by atomic mass is 16.6. The van der Waals surface area contributed by atoms with E-state index in [0.29, 0.717) is 37.0 Å². The summed E-state index contributed by atoms with van der Waals surface area (Å²) in [6.07, 6.45) is 5.87. The van der Waals surface area contributed by atoms with Crippen molar-refractivity contribution < 1.29 is 14.3 Å². The minimum absolute atomic E-state index is 0.0469. The van der Waals surface area contributed by atoms with Crippen LogP contribution in [0.3, 0.4) is 0 Å². The Bertz CT molecular complexity index is 752. The first-order valence-electron chi connectivity index (χ1n) is 8.33. The number of amides is 1. The highest BCUT2D eigenvalue weighted by Crippen LogP contribution is 2.35. The van der Waals surface area contributed by atoms with Gasteiger partial charge in [-0.25, -0.2) is 0 Å². The number of nitrogens with one attached hydrogen (secondary N) is 2. The standard InChI is InChI=1S/C18H21N3O3/c19-15(11-1-2-11)10-21-18(22)14-9-20-8-13(14)12-3-4-16-17(7-12)24-6-5-23-16/h3-4,7-9,11,15,20H,1-2,5-6,10,19H2,(H,21,22). The van der Waals surface area contributed by atoms with Gasteiger partial charge in [0.1, 0.15) is 13.2 Å². The topological polar surface area (TPSA) is 89.4 Å². The molecule has 24 heavy (non-hydrogen) atoms. The van der Waals surface area contributed by atoms with Crippen molar-refractivity contribution in [3.05, 3.63) is 36.2 Å². The molecule has 0 radical (unpaired) electrons. The lowest BCUT2D eigenvalue weighted by Crippen LogP contribution is -2.38. The van der Waals surface area contributed by atoms with E-state index < -0.39 is 0 Å². The molecule has 1 saturated carbocycles. The zero-order valence-corrected chi connectivity index (χ0v) is 13.4. The van der Waals surface area contributed by atoms with E-state index in [9.17, 15) is 4.79 Å². The molecule has 0 bridgehead atoms. The summed E-state index contributed by atoms with van der Waals surface area (Å²) < 4.78 is 11.2. The molecule has 0 spiro atoms. The number of aromatic nitrogens is 1. The molecule has 1 fully saturated rings. The molecule has 6 heteroatoms. The Hall–Kier alpha value is -2.47. The van der Waals surface area contributed by atoms with Crippen LogP contribution in [0.15, 0.2) is 30.6 Å². The predicted octanol–water partition coefficient (Wildman–Crippen LogP) is 1.92. The molecule has 2 aliphatic rings. The minimum atomic E-state index is -0.114. The number of benzene rings is 1. The molecule has 1 amide bonds. The van der Waals surface area contributed by atoms with Crippen LogP contribution in [0.5, 0.6) is 11.5 Å². The number of carbonyl (C=O) groups is 1. The van der Waals surface area contributed by atoms with Gasteiger partial charge in [0.2, 0.25) is 0 Å². The SMILES string of the molecule is NC(CNC(=O)c1c[nH]cc1-c1ccc2c(c1)OCCO2)C1CC1. The Kier molecular flexibility index (Phi) is 3.90. The van der Waals surface area contributed by atoms with Crippen molar-refractivity contribution in [3.8, 4) is 22.6 Å². The third-order valence-corrected chi connectivity index (χ3v) is 4.57. The van der Waals surface area contributed by atoms with Crippen molar-refractivity contribution in [2.75, 3.05) is 19.8 Å². The number of rotatable bonds is 5. The third-order valence-electron chi connectivity index (χ3n) is 4.57. The Morgan fingerprint density at radius 3 is 2.83 bits per heavy atom. The summed E-state index contributed by atoms with van der Waals surface area (Å²) in [5, 5.41) is 2.94. The molecule has 1 aromatic heterocycles. The van der Waals surface area contributed by atoms with Gasteiger partial charge in [-0.3, -0.25) is 4.79 Å². The zero-order valence-electron chi connectivity index (χ0n) is 13.4. The van der Waals surface area contributed by atoms with E-state index in [4.69, 9.17) is 15.2 Å². The van der Waals surface area contributed by atoms with Crippen molar-refractivity contribution in [1.29, 1.82) is 0 Å². The maximum Gasteiger partial charge on any atom is 0.253 e. The second-order valence-corrected chi connectivity index (χ2v) is 6.35. The normalized spacial score (nSPS) is 17.4. The second kappa shape index (κ2) is 6.20. The summed E-state index contributed by atoms with van der Waals surface area (Å²) in [6, 6.07) is 5.76. The number of hydrogen-bond donors (Lipinski definition) is 3. The fourth-order valence-electron chi connectivity index (χ4n) is 3.00. The highest BCUT2D eigenvalue weighted by Gasteiger charge is 2.28. The quantitative estimate of drug-likeness (QED) is 0.783. The van der Waals surface area contributed by atoms with Gasteiger partial charge in [0, 0.05) is 30.5 Å². The summed E-state index contributed by atoms with van der Waals surface area (Å²) >= 11 is 0. The molecular formula is C18H21N3O3. The maximum atomic E-state index is 12.5. The molecule has 6 nitrogen and oxygen atoms in total. The zero-order chi connectivity index (χ0) is 16.5. The molecule has 1 aromatic carbocycles. The van der Waals surface area contributed by atoms with Crippen molar-refractivity contribution >= 4 is 5.91 Å². The Labute approximate surface area is 140 Å². The molecular weight excluding hydrogens is 306 g/mol. The lowest BCUT2D eigenvalue weighted by Gasteiger charge is -2.19. The van der Waals surface area contributed by atoms with Gasteiger partial charge in [0.15, 0.2) is 11.5 Å². The van der Waals surface area contributed by atoms with Gasteiger partial charge in [-0.1, -0.05) is 6.07 Å². The number of nitrogens with two attached hydrogens (primary N) is 1. The molecule has 4 rings (SSSR count). The van der Waals surface area contributed by atoms with Crippen molar-refractivity contribution in [2.45, 2.75) is 18.9 Å². The molecule has 1 aliphatic carbocycles. The Balaban J connectivity index is 1.52. The van der Waals surface area contributed by atoms with Crippen molar-refractivity contribution in [3.63, 3.8) is 0 Å². The van der Waals surface area contributed by atoms with Gasteiger partial charge in [0.05, 0.1) is 5.56 Å². The summed E-state index contributed by atoms with van der Waals surface area (Å²) in [7, 11) is 0. The smallest absolute Gasteiger partial charge is 0.253 e. The van der Waals surface area contributed by atoms with E-state index in [1.54, 1.807) is 6.20 Å². The molecule has 1 aliphatic heterocycles. The largest absolute Gasteiger partial charge is 0.486 e. The maximum absolute atomic E-state index is 12.5. The summed E-state index contributed by atoms with van der Waals surface area (Å²) in [4.78, 5) is 15.5. The number of aromatic amines is 1. The number of H-pyrrole nitrogens is 1. The van der Waals surface area contributed by atoms with Gasteiger partial charge in [-0.15, -0.1) is 0 Å². The molecule has 2 aromatic rings. The molecule has 2 heterocycles. The second-order valence-electron chi connectivity index (χ2n) is 6.35. The number of fused-ring (bicyclic) bond motifs is 1. The van der Waals surface area contributed by atoms with Gasteiger partial charge >= 0.3 is 0 Å². The fraction of sp³-hybridized carbons (Fsp3) is 0.389. The lowest BCUT2D eigenvalue weighted by atomic mass is 10.0. The van der Waals surface area contributed by atoms with E-state index in [1.807, 2.05) is 24.4 Å². The minimum Gasteiger partial charge on any atom is -0.486 e. The predicted molar refractivity (Wildman–Crippen MR) is 90.3 cm³/mol. The van der Waals surface area contributed by atoms with Crippen LogP contribution < -0.4 is 20.5 Å². The van der Waals surface area contributed by atoms with Crippen LogP contribution in [-0.4, -0.2) is 36.7 Å². The molecule has 1 atom stereocenters. The van der Waals surface area contributed by atoms with E-state index in [0.717, 1.165) is 16.9 Å². The lowest BCUT2D eigenvalue weighted by molar-refractivity contribution is 0.0951. The summed E-state index contributed by atoms with van der Waals surface area (Å²) in [5.74, 6) is 1.90. The summed E-state index contributed by atoms with van der Waals surface area (Å²) in [6.45, 7) is 1.61. The first kappa shape index (κ1) is 15.1. The summed E-state index contributed by atoms with van der Waals surface area (Å²) in [5.41, 5.74) is 8.41. The van der Waals surface area contributed by atoms with Crippen LogP contribution >= 0.6 is 0 Å². The Morgan fingerprint density at radius 1 is 1.25 bits per heavy atom. The van der Waals surface area contributed by atoms with Crippen molar-refractivity contribution in [2.24, 2.45) is 11.7 Å². The highest BCUT2D eigenvalue weighted by molar-refractivity contribution is 6.00. The molecule has 0 saturated heterocycles. The first-order valence-corrected chi connectivity index (χ1v) is 8.33. The molecule has 126 valence electrons. The van der Waals surface area contributed by atoms with Gasteiger partial charge < -0.3 is 25.5 Å². The molecule has 4 N–H and O–H groups in total. The average Bonchev–Trinajstić information content (AvgIpc) is 3.35. The van der Waals surface area contributed by atoms with E-state index >= 15 is 0 Å². The third kappa shape index (κ3) is 2.97. The molecule has 1 unspecified atom stereocenters. The number of hydrogen-bond acceptors (Lipinski definition) is 4. The van der Waals surface area contributed by atoms with E-state index in [-0.39, 0.29) is 11.9 Å². The van der Waals surface area contributed by atoms with Crippen LogP contribution in [0.25, 0.3) is 11.1 Å². The van der Waals surface area contributed by atoms with E-state index in [1.165, 1.54) is 12.8 Å². The van der Waals surface area contributed by atoms with Crippen LogP contribution in [0.2, 0.25) is 0 Å². The monoisotopic (exact) mass is 327 g/mol. The van der Waals surface area contributed by atoms with Gasteiger partial charge in [-0.2, -0.15) is 0 Å². The van der Waals surface area contributed by atoms with Crippen LogP contribution in [0, 0.1) is 5.92 Å². The van der Waals surface area contributed by atoms with E-state index in [2.05, 4.69) is 10.3 Å². The van der Waals surface area contributed by atoms with Gasteiger partial charge in [0.25, 0.3) is 5.91 Å². The number of ether oxygens (including phenoxy) is 2. The number of carbonyl (C=O) groups excluding carboxylic acids is 1. The van der Waals surface area contributed by atoms with Crippen LogP contribution in [-0.2, 0) is 0 Å². The van der Waals surface area contributed by atoms with Crippen molar-refractivity contribution in [1.82, 2.24) is 10.3 Å². The fourth-order valence-corrected chi connectivity index (χ4v) is 3.00. The first-order chi connectivity index (χ1) is 11.7. The van der Waals surface area contributed by atoms with Crippen LogP contribution in [0.1, 0.15) is 23.2 Å².